The lowest BCUT2D eigenvalue weighted by molar-refractivity contribution is 0.538. The molecule has 0 radical (unpaired) electrons. The Labute approximate surface area is 116 Å². The quantitative estimate of drug-likeness (QED) is 0.830. The van der Waals surface area contributed by atoms with Crippen LogP contribution in [0, 0.1) is 0 Å². The van der Waals surface area contributed by atoms with Crippen LogP contribution in [0.2, 0.25) is 0 Å². The first-order valence-electron chi connectivity index (χ1n) is 7.64. The summed E-state index contributed by atoms with van der Waals surface area (Å²) in [6, 6.07) is 9.78. The Hall–Kier alpha value is -1.28. The predicted octanol–water partition coefficient (Wildman–Crippen LogP) is 3.49. The Bertz CT molecular complexity index is 407. The first-order chi connectivity index (χ1) is 9.42. The first kappa shape index (κ1) is 12.7. The average molecular weight is 256 g/mol. The zero-order valence-corrected chi connectivity index (χ0v) is 11.6. The van der Waals surface area contributed by atoms with Crippen LogP contribution in [-0.4, -0.2) is 19.1 Å². The van der Waals surface area contributed by atoms with Crippen molar-refractivity contribution in [2.24, 2.45) is 0 Å². The van der Waals surface area contributed by atoms with E-state index in [4.69, 9.17) is 0 Å². The third-order valence-corrected chi connectivity index (χ3v) is 4.26. The molecular weight excluding hydrogens is 232 g/mol. The predicted molar refractivity (Wildman–Crippen MR) is 81.5 cm³/mol. The minimum atomic E-state index is 0.654. The van der Waals surface area contributed by atoms with Crippen molar-refractivity contribution in [1.82, 2.24) is 5.32 Å². The Kier molecular flexibility index (Phi) is 4.19. The lowest BCUT2D eigenvalue weighted by atomic mass is 10.1. The molecule has 0 bridgehead atoms. The molecule has 0 aromatic heterocycles. The van der Waals surface area contributed by atoms with Crippen LogP contribution in [0.3, 0.4) is 0 Å². The van der Waals surface area contributed by atoms with Crippen molar-refractivity contribution in [3.63, 3.8) is 0 Å². The second-order valence-corrected chi connectivity index (χ2v) is 5.73. The highest BCUT2D eigenvalue weighted by Gasteiger charge is 2.11. The molecule has 1 aliphatic carbocycles. The van der Waals surface area contributed by atoms with Gasteiger partial charge in [0.1, 0.15) is 0 Å². The molecule has 0 atom stereocenters. The normalized spacial score (nSPS) is 20.1. The summed E-state index contributed by atoms with van der Waals surface area (Å²) in [7, 11) is 0. The summed E-state index contributed by atoms with van der Waals surface area (Å²) in [6.45, 7) is 3.45. The summed E-state index contributed by atoms with van der Waals surface area (Å²) in [5.41, 5.74) is 2.79. The number of nitrogens with one attached hydrogen (secondary N) is 1. The number of hydrogen-bond acceptors (Lipinski definition) is 2. The van der Waals surface area contributed by atoms with Crippen molar-refractivity contribution in [3.05, 3.63) is 42.0 Å². The van der Waals surface area contributed by atoms with Crippen LogP contribution in [0.25, 0.3) is 0 Å². The van der Waals surface area contributed by atoms with Gasteiger partial charge in [-0.05, 0) is 49.8 Å². The van der Waals surface area contributed by atoms with Crippen molar-refractivity contribution in [1.29, 1.82) is 0 Å². The van der Waals surface area contributed by atoms with Gasteiger partial charge in [-0.2, -0.15) is 0 Å². The van der Waals surface area contributed by atoms with E-state index in [1.54, 1.807) is 0 Å². The average Bonchev–Trinajstić information content (AvgIpc) is 3.00. The van der Waals surface area contributed by atoms with Crippen LogP contribution in [0.4, 0.5) is 5.69 Å². The molecule has 2 heteroatoms. The lowest BCUT2D eigenvalue weighted by Crippen LogP contribution is -2.29. The fourth-order valence-corrected chi connectivity index (χ4v) is 3.02. The molecule has 0 spiro atoms. The minimum Gasteiger partial charge on any atom is -0.372 e. The summed E-state index contributed by atoms with van der Waals surface area (Å²) >= 11 is 0. The fourth-order valence-electron chi connectivity index (χ4n) is 3.02. The van der Waals surface area contributed by atoms with Crippen LogP contribution in [0.5, 0.6) is 0 Å². The SMILES string of the molecule is C1=CCC(NCc2ccc(N3CCCCC3)cc2)C1. The van der Waals surface area contributed by atoms with Crippen molar-refractivity contribution in [3.8, 4) is 0 Å². The number of rotatable bonds is 4. The van der Waals surface area contributed by atoms with Gasteiger partial charge in [0.15, 0.2) is 0 Å². The highest BCUT2D eigenvalue weighted by atomic mass is 15.1. The van der Waals surface area contributed by atoms with Gasteiger partial charge in [-0.3, -0.25) is 0 Å². The van der Waals surface area contributed by atoms with Gasteiger partial charge in [0.05, 0.1) is 0 Å². The zero-order valence-electron chi connectivity index (χ0n) is 11.6. The van der Waals surface area contributed by atoms with Gasteiger partial charge in [-0.25, -0.2) is 0 Å². The number of benzene rings is 1. The molecule has 3 rings (SSSR count). The fraction of sp³-hybridized carbons (Fsp3) is 0.529. The largest absolute Gasteiger partial charge is 0.372 e. The zero-order chi connectivity index (χ0) is 12.9. The molecule has 19 heavy (non-hydrogen) atoms. The minimum absolute atomic E-state index is 0.654. The summed E-state index contributed by atoms with van der Waals surface area (Å²) in [6.07, 6.45) is 11.0. The molecule has 1 N–H and O–H groups in total. The number of nitrogens with zero attached hydrogens (tertiary/aromatic N) is 1. The lowest BCUT2D eigenvalue weighted by Gasteiger charge is -2.28. The van der Waals surface area contributed by atoms with Crippen LogP contribution >= 0.6 is 0 Å². The van der Waals surface area contributed by atoms with Crippen LogP contribution in [-0.2, 0) is 6.54 Å². The number of hydrogen-bond donors (Lipinski definition) is 1. The van der Waals surface area contributed by atoms with Crippen LogP contribution < -0.4 is 10.2 Å². The van der Waals surface area contributed by atoms with Gasteiger partial charge in [-0.15, -0.1) is 0 Å². The second-order valence-electron chi connectivity index (χ2n) is 5.73. The second kappa shape index (κ2) is 6.25. The Morgan fingerprint density at radius 2 is 1.63 bits per heavy atom. The molecule has 1 aromatic carbocycles. The maximum Gasteiger partial charge on any atom is 0.0366 e. The maximum atomic E-state index is 3.62. The first-order valence-corrected chi connectivity index (χ1v) is 7.64. The van der Waals surface area contributed by atoms with E-state index in [9.17, 15) is 0 Å². The van der Waals surface area contributed by atoms with E-state index >= 15 is 0 Å². The van der Waals surface area contributed by atoms with Crippen molar-refractivity contribution in [2.45, 2.75) is 44.7 Å². The third kappa shape index (κ3) is 3.38. The van der Waals surface area contributed by atoms with Gasteiger partial charge >= 0.3 is 0 Å². The molecule has 102 valence electrons. The van der Waals surface area contributed by atoms with Gasteiger partial charge in [-0.1, -0.05) is 24.3 Å². The highest BCUT2D eigenvalue weighted by molar-refractivity contribution is 5.47. The smallest absolute Gasteiger partial charge is 0.0366 e. The van der Waals surface area contributed by atoms with E-state index in [-0.39, 0.29) is 0 Å². The Balaban J connectivity index is 1.52. The van der Waals surface area contributed by atoms with E-state index in [0.717, 1.165) is 6.54 Å². The summed E-state index contributed by atoms with van der Waals surface area (Å²) in [5.74, 6) is 0. The van der Waals surface area contributed by atoms with Gasteiger partial charge in [0.25, 0.3) is 0 Å². The van der Waals surface area contributed by atoms with E-state index in [1.165, 1.54) is 56.4 Å². The third-order valence-electron chi connectivity index (χ3n) is 4.26. The van der Waals surface area contributed by atoms with E-state index in [0.29, 0.717) is 6.04 Å². The summed E-state index contributed by atoms with van der Waals surface area (Å²) in [4.78, 5) is 2.52. The van der Waals surface area contributed by atoms with Gasteiger partial charge in [0, 0.05) is 31.4 Å². The van der Waals surface area contributed by atoms with E-state index in [2.05, 4.69) is 46.6 Å². The molecule has 0 saturated carbocycles. The molecule has 1 fully saturated rings. The highest BCUT2D eigenvalue weighted by Crippen LogP contribution is 2.20. The van der Waals surface area contributed by atoms with Gasteiger partial charge < -0.3 is 10.2 Å². The summed E-state index contributed by atoms with van der Waals surface area (Å²) in [5, 5.41) is 3.62. The standard InChI is InChI=1S/C17H24N2/c1-4-12-19(13-5-1)17-10-8-15(9-11-17)14-18-16-6-2-3-7-16/h2-3,8-11,16,18H,1,4-7,12-14H2. The van der Waals surface area contributed by atoms with E-state index in [1.807, 2.05) is 0 Å². The molecule has 1 saturated heterocycles. The maximum absolute atomic E-state index is 3.62. The number of anilines is 1. The van der Waals surface area contributed by atoms with Crippen molar-refractivity contribution >= 4 is 5.69 Å². The summed E-state index contributed by atoms with van der Waals surface area (Å²) < 4.78 is 0. The molecule has 2 aliphatic rings. The van der Waals surface area contributed by atoms with Crippen molar-refractivity contribution < 1.29 is 0 Å². The van der Waals surface area contributed by atoms with Crippen LogP contribution in [0.15, 0.2) is 36.4 Å². The topological polar surface area (TPSA) is 15.3 Å². The van der Waals surface area contributed by atoms with Gasteiger partial charge in [0.2, 0.25) is 0 Å². The molecule has 0 amide bonds. The Morgan fingerprint density at radius 3 is 2.32 bits per heavy atom. The molecule has 1 heterocycles. The molecular formula is C17H24N2. The monoisotopic (exact) mass is 256 g/mol. The molecule has 2 nitrogen and oxygen atoms in total. The Morgan fingerprint density at radius 1 is 0.947 bits per heavy atom. The van der Waals surface area contributed by atoms with Crippen LogP contribution in [0.1, 0.15) is 37.7 Å². The number of piperidine rings is 1. The molecule has 1 aromatic rings. The van der Waals surface area contributed by atoms with Crippen molar-refractivity contribution in [2.75, 3.05) is 18.0 Å². The molecule has 1 aliphatic heterocycles. The van der Waals surface area contributed by atoms with E-state index < -0.39 is 0 Å². The molecule has 0 unspecified atom stereocenters.